The molecule has 0 aliphatic heterocycles. The number of benzene rings is 2. The van der Waals surface area contributed by atoms with Gasteiger partial charge in [-0.1, -0.05) is 30.3 Å². The van der Waals surface area contributed by atoms with Crippen LogP contribution in [0, 0.1) is 11.3 Å². The van der Waals surface area contributed by atoms with Crippen molar-refractivity contribution in [3.05, 3.63) is 65.7 Å². The summed E-state index contributed by atoms with van der Waals surface area (Å²) in [7, 11) is 0. The summed E-state index contributed by atoms with van der Waals surface area (Å²) in [6, 6.07) is 18.5. The van der Waals surface area contributed by atoms with Crippen molar-refractivity contribution in [1.29, 1.82) is 5.26 Å². The van der Waals surface area contributed by atoms with Crippen LogP contribution in [-0.4, -0.2) is 18.4 Å². The molecule has 0 aliphatic carbocycles. The van der Waals surface area contributed by atoms with E-state index in [1.807, 2.05) is 18.2 Å². The molecule has 2 amide bonds. The van der Waals surface area contributed by atoms with Gasteiger partial charge in [0.25, 0.3) is 5.91 Å². The first-order chi connectivity index (χ1) is 11.7. The third kappa shape index (κ3) is 5.58. The molecule has 0 bridgehead atoms. The first-order valence-corrected chi connectivity index (χ1v) is 7.78. The number of aryl methyl sites for hydroxylation is 1. The van der Waals surface area contributed by atoms with Gasteiger partial charge in [0, 0.05) is 17.8 Å². The highest BCUT2D eigenvalue weighted by Gasteiger charge is 2.06. The zero-order valence-electron chi connectivity index (χ0n) is 13.3. The van der Waals surface area contributed by atoms with Gasteiger partial charge in [-0.2, -0.15) is 5.26 Å². The Morgan fingerprint density at radius 1 is 1.00 bits per heavy atom. The van der Waals surface area contributed by atoms with Gasteiger partial charge in [-0.3, -0.25) is 9.59 Å². The normalized spacial score (nSPS) is 9.79. The fraction of sp³-hybridized carbons (Fsp3) is 0.211. The first kappa shape index (κ1) is 17.2. The summed E-state index contributed by atoms with van der Waals surface area (Å²) in [6.45, 7) is 0.606. The van der Waals surface area contributed by atoms with E-state index in [0.717, 1.165) is 12.8 Å². The quantitative estimate of drug-likeness (QED) is 0.769. The third-order valence-electron chi connectivity index (χ3n) is 3.44. The van der Waals surface area contributed by atoms with Crippen LogP contribution >= 0.6 is 0 Å². The fourth-order valence-corrected chi connectivity index (χ4v) is 2.22. The summed E-state index contributed by atoms with van der Waals surface area (Å²) in [5.74, 6) is -0.506. The Bertz CT molecular complexity index is 719. The number of carbonyl (C=O) groups is 2. The van der Waals surface area contributed by atoms with Gasteiger partial charge in [0.15, 0.2) is 0 Å². The van der Waals surface area contributed by atoms with Crippen molar-refractivity contribution < 1.29 is 9.59 Å². The number of rotatable bonds is 7. The van der Waals surface area contributed by atoms with Gasteiger partial charge in [-0.15, -0.1) is 0 Å². The van der Waals surface area contributed by atoms with Crippen molar-refractivity contribution in [2.24, 2.45) is 0 Å². The largest absolute Gasteiger partial charge is 0.352 e. The molecular weight excluding hydrogens is 302 g/mol. The van der Waals surface area contributed by atoms with Crippen molar-refractivity contribution in [3.8, 4) is 6.07 Å². The van der Waals surface area contributed by atoms with Crippen LogP contribution in [0.2, 0.25) is 0 Å². The molecule has 0 heterocycles. The van der Waals surface area contributed by atoms with Gasteiger partial charge in [0.05, 0.1) is 6.07 Å². The molecular formula is C19H19N3O2. The van der Waals surface area contributed by atoms with Crippen LogP contribution in [0.1, 0.15) is 28.8 Å². The SMILES string of the molecule is N#CCC(=O)Nc1ccc(C(=O)NCCCc2ccccc2)cc1. The van der Waals surface area contributed by atoms with Gasteiger partial charge in [0.1, 0.15) is 6.42 Å². The van der Waals surface area contributed by atoms with E-state index >= 15 is 0 Å². The lowest BCUT2D eigenvalue weighted by molar-refractivity contribution is -0.115. The highest BCUT2D eigenvalue weighted by molar-refractivity contribution is 5.96. The maximum Gasteiger partial charge on any atom is 0.251 e. The highest BCUT2D eigenvalue weighted by atomic mass is 16.2. The van der Waals surface area contributed by atoms with Crippen molar-refractivity contribution in [2.45, 2.75) is 19.3 Å². The molecule has 24 heavy (non-hydrogen) atoms. The van der Waals surface area contributed by atoms with Crippen LogP contribution in [0.15, 0.2) is 54.6 Å². The molecule has 5 nitrogen and oxygen atoms in total. The molecule has 122 valence electrons. The van der Waals surface area contributed by atoms with E-state index in [1.54, 1.807) is 30.3 Å². The Labute approximate surface area is 141 Å². The first-order valence-electron chi connectivity index (χ1n) is 7.78. The topological polar surface area (TPSA) is 82.0 Å². The number of nitrogens with zero attached hydrogens (tertiary/aromatic N) is 1. The van der Waals surface area contributed by atoms with Crippen LogP contribution < -0.4 is 10.6 Å². The van der Waals surface area contributed by atoms with Gasteiger partial charge in [-0.05, 0) is 42.7 Å². The molecule has 0 radical (unpaired) electrons. The lowest BCUT2D eigenvalue weighted by atomic mass is 10.1. The summed E-state index contributed by atoms with van der Waals surface area (Å²) in [4.78, 5) is 23.4. The molecule has 0 saturated carbocycles. The third-order valence-corrected chi connectivity index (χ3v) is 3.44. The zero-order valence-corrected chi connectivity index (χ0v) is 13.3. The van der Waals surface area contributed by atoms with Crippen molar-refractivity contribution >= 4 is 17.5 Å². The summed E-state index contributed by atoms with van der Waals surface area (Å²) in [5, 5.41) is 13.9. The van der Waals surface area contributed by atoms with E-state index in [-0.39, 0.29) is 18.2 Å². The van der Waals surface area contributed by atoms with E-state index in [2.05, 4.69) is 22.8 Å². The Morgan fingerprint density at radius 3 is 2.38 bits per heavy atom. The number of carbonyl (C=O) groups excluding carboxylic acids is 2. The lowest BCUT2D eigenvalue weighted by Crippen LogP contribution is -2.24. The average molecular weight is 321 g/mol. The van der Waals surface area contributed by atoms with Crippen molar-refractivity contribution in [1.82, 2.24) is 5.32 Å². The number of amides is 2. The monoisotopic (exact) mass is 321 g/mol. The van der Waals surface area contributed by atoms with Crippen LogP contribution in [-0.2, 0) is 11.2 Å². The minimum Gasteiger partial charge on any atom is -0.352 e. The van der Waals surface area contributed by atoms with E-state index in [0.29, 0.717) is 17.8 Å². The molecule has 0 atom stereocenters. The molecule has 0 unspecified atom stereocenters. The molecule has 0 saturated heterocycles. The molecule has 0 aromatic heterocycles. The van der Waals surface area contributed by atoms with Crippen molar-refractivity contribution in [3.63, 3.8) is 0 Å². The number of nitrogens with one attached hydrogen (secondary N) is 2. The van der Waals surface area contributed by atoms with Crippen LogP contribution in [0.4, 0.5) is 5.69 Å². The van der Waals surface area contributed by atoms with Gasteiger partial charge in [-0.25, -0.2) is 0 Å². The predicted octanol–water partition coefficient (Wildman–Crippen LogP) is 2.90. The maximum absolute atomic E-state index is 12.1. The minimum atomic E-state index is -0.365. The number of nitriles is 1. The van der Waals surface area contributed by atoms with E-state index in [1.165, 1.54) is 5.56 Å². The van der Waals surface area contributed by atoms with Crippen LogP contribution in [0.3, 0.4) is 0 Å². The predicted molar refractivity (Wildman–Crippen MR) is 92.4 cm³/mol. The number of hydrogen-bond acceptors (Lipinski definition) is 3. The molecule has 2 aromatic rings. The second-order valence-electron chi connectivity index (χ2n) is 5.31. The standard InChI is InChI=1S/C19H19N3O2/c20-13-12-18(23)22-17-10-8-16(9-11-17)19(24)21-14-4-7-15-5-2-1-3-6-15/h1-3,5-6,8-11H,4,7,12,14H2,(H,21,24)(H,22,23). The van der Waals surface area contributed by atoms with E-state index in [9.17, 15) is 9.59 Å². The Morgan fingerprint density at radius 2 is 1.71 bits per heavy atom. The molecule has 0 spiro atoms. The van der Waals surface area contributed by atoms with E-state index < -0.39 is 0 Å². The second-order valence-corrected chi connectivity index (χ2v) is 5.31. The Balaban J connectivity index is 1.76. The minimum absolute atomic E-state index is 0.141. The Kier molecular flexibility index (Phi) is 6.54. The summed E-state index contributed by atoms with van der Waals surface area (Å²) in [6.07, 6.45) is 1.60. The molecule has 0 fully saturated rings. The molecule has 2 N–H and O–H groups in total. The maximum atomic E-state index is 12.1. The Hall–Kier alpha value is -3.13. The zero-order chi connectivity index (χ0) is 17.2. The smallest absolute Gasteiger partial charge is 0.251 e. The summed E-state index contributed by atoms with van der Waals surface area (Å²) < 4.78 is 0. The second kappa shape index (κ2) is 9.11. The average Bonchev–Trinajstić information content (AvgIpc) is 2.60. The van der Waals surface area contributed by atoms with Gasteiger partial charge in [0.2, 0.25) is 5.91 Å². The fourth-order valence-electron chi connectivity index (χ4n) is 2.22. The molecule has 0 aliphatic rings. The van der Waals surface area contributed by atoms with Gasteiger partial charge < -0.3 is 10.6 Å². The lowest BCUT2D eigenvalue weighted by Gasteiger charge is -2.07. The highest BCUT2D eigenvalue weighted by Crippen LogP contribution is 2.10. The molecule has 2 aromatic carbocycles. The van der Waals surface area contributed by atoms with Crippen LogP contribution in [0.5, 0.6) is 0 Å². The van der Waals surface area contributed by atoms with E-state index in [4.69, 9.17) is 5.26 Å². The van der Waals surface area contributed by atoms with Crippen LogP contribution in [0.25, 0.3) is 0 Å². The number of hydrogen-bond donors (Lipinski definition) is 2. The number of anilines is 1. The summed E-state index contributed by atoms with van der Waals surface area (Å²) >= 11 is 0. The van der Waals surface area contributed by atoms with Crippen molar-refractivity contribution in [2.75, 3.05) is 11.9 Å². The summed E-state index contributed by atoms with van der Waals surface area (Å²) in [5.41, 5.74) is 2.35. The molecule has 2 rings (SSSR count). The molecule has 5 heteroatoms. The van der Waals surface area contributed by atoms with Gasteiger partial charge >= 0.3 is 0 Å².